The van der Waals surface area contributed by atoms with E-state index in [2.05, 4.69) is 67.3 Å². The minimum Gasteiger partial charge on any atom is -0.369 e. The standard InChI is InChI=1S/C21H26N4O/c1-14-9-19-18(15(2)11-21(3,4)25(19)5)10-17(14)13-23-24-20(26)16-7-6-8-22-12-16/h6-10,12-13,15H,11H2,1-5H3,(H,24,26)/b23-13-. The zero-order chi connectivity index (χ0) is 18.9. The Kier molecular flexibility index (Phi) is 4.81. The molecule has 26 heavy (non-hydrogen) atoms. The highest BCUT2D eigenvalue weighted by molar-refractivity contribution is 5.94. The van der Waals surface area contributed by atoms with Gasteiger partial charge in [-0.3, -0.25) is 9.78 Å². The maximum atomic E-state index is 12.0. The number of amides is 1. The van der Waals surface area contributed by atoms with Gasteiger partial charge < -0.3 is 4.90 Å². The number of benzene rings is 1. The zero-order valence-electron chi connectivity index (χ0n) is 16.1. The van der Waals surface area contributed by atoms with Crippen molar-refractivity contribution >= 4 is 17.8 Å². The fourth-order valence-electron chi connectivity index (χ4n) is 3.60. The predicted octanol–water partition coefficient (Wildman–Crippen LogP) is 3.88. The van der Waals surface area contributed by atoms with E-state index in [1.165, 1.54) is 17.4 Å². The first kappa shape index (κ1) is 18.1. The average molecular weight is 350 g/mol. The molecule has 1 atom stereocenters. The number of nitrogens with one attached hydrogen (secondary N) is 1. The molecular formula is C21H26N4O. The van der Waals surface area contributed by atoms with Crippen molar-refractivity contribution in [2.24, 2.45) is 5.10 Å². The highest BCUT2D eigenvalue weighted by atomic mass is 16.2. The highest BCUT2D eigenvalue weighted by Gasteiger charge is 2.34. The number of fused-ring (bicyclic) bond motifs is 1. The molecule has 0 bridgehead atoms. The van der Waals surface area contributed by atoms with Crippen LogP contribution < -0.4 is 10.3 Å². The Morgan fingerprint density at radius 2 is 2.19 bits per heavy atom. The maximum Gasteiger partial charge on any atom is 0.272 e. The fraction of sp³-hybridized carbons (Fsp3) is 0.381. The molecule has 2 aromatic rings. The molecule has 1 aromatic heterocycles. The van der Waals surface area contributed by atoms with Crippen molar-refractivity contribution in [2.75, 3.05) is 11.9 Å². The van der Waals surface area contributed by atoms with Gasteiger partial charge >= 0.3 is 0 Å². The number of anilines is 1. The second-order valence-corrected chi connectivity index (χ2v) is 7.69. The van der Waals surface area contributed by atoms with Crippen LogP contribution in [0.5, 0.6) is 0 Å². The number of aromatic nitrogens is 1. The van der Waals surface area contributed by atoms with Crippen LogP contribution in [0.3, 0.4) is 0 Å². The van der Waals surface area contributed by atoms with Gasteiger partial charge in [0.15, 0.2) is 0 Å². The van der Waals surface area contributed by atoms with Crippen LogP contribution in [-0.4, -0.2) is 29.7 Å². The number of carbonyl (C=O) groups excluding carboxylic acids is 1. The summed E-state index contributed by atoms with van der Waals surface area (Å²) in [4.78, 5) is 18.4. The Morgan fingerprint density at radius 3 is 2.88 bits per heavy atom. The van der Waals surface area contributed by atoms with Crippen LogP contribution in [0.2, 0.25) is 0 Å². The Morgan fingerprint density at radius 1 is 1.42 bits per heavy atom. The van der Waals surface area contributed by atoms with Crippen LogP contribution in [-0.2, 0) is 0 Å². The van der Waals surface area contributed by atoms with E-state index < -0.39 is 0 Å². The van der Waals surface area contributed by atoms with Crippen molar-refractivity contribution in [3.05, 3.63) is 58.9 Å². The van der Waals surface area contributed by atoms with Gasteiger partial charge in [0.25, 0.3) is 5.91 Å². The number of hydrogen-bond acceptors (Lipinski definition) is 4. The monoisotopic (exact) mass is 350 g/mol. The molecule has 3 rings (SSSR count). The molecule has 0 fully saturated rings. The summed E-state index contributed by atoms with van der Waals surface area (Å²) in [6.45, 7) is 8.91. The Hall–Kier alpha value is -2.69. The summed E-state index contributed by atoms with van der Waals surface area (Å²) in [5.41, 5.74) is 7.98. The van der Waals surface area contributed by atoms with Crippen LogP contribution in [0.4, 0.5) is 5.69 Å². The van der Waals surface area contributed by atoms with Gasteiger partial charge in [-0.05, 0) is 74.1 Å². The van der Waals surface area contributed by atoms with Gasteiger partial charge in [0.1, 0.15) is 0 Å². The third-order valence-corrected chi connectivity index (χ3v) is 5.31. The predicted molar refractivity (Wildman–Crippen MR) is 106 cm³/mol. The minimum atomic E-state index is -0.264. The largest absolute Gasteiger partial charge is 0.369 e. The van der Waals surface area contributed by atoms with E-state index in [0.717, 1.165) is 17.5 Å². The van der Waals surface area contributed by atoms with Gasteiger partial charge in [0, 0.05) is 30.7 Å². The van der Waals surface area contributed by atoms with Gasteiger partial charge in [0.2, 0.25) is 0 Å². The van der Waals surface area contributed by atoms with Crippen molar-refractivity contribution in [3.8, 4) is 0 Å². The molecule has 1 aliphatic rings. The lowest BCUT2D eigenvalue weighted by atomic mass is 9.79. The molecule has 0 saturated carbocycles. The number of carbonyl (C=O) groups is 1. The lowest BCUT2D eigenvalue weighted by molar-refractivity contribution is 0.0955. The van der Waals surface area contributed by atoms with Crippen molar-refractivity contribution in [1.82, 2.24) is 10.4 Å². The first-order chi connectivity index (χ1) is 12.3. The van der Waals surface area contributed by atoms with Gasteiger partial charge in [-0.25, -0.2) is 5.43 Å². The number of hydrazone groups is 1. The second-order valence-electron chi connectivity index (χ2n) is 7.69. The molecule has 1 N–H and O–H groups in total. The molecule has 1 amide bonds. The van der Waals surface area contributed by atoms with E-state index in [-0.39, 0.29) is 11.4 Å². The summed E-state index contributed by atoms with van der Waals surface area (Å²) in [6, 6.07) is 7.85. The molecule has 1 aliphatic heterocycles. The Balaban J connectivity index is 1.82. The summed E-state index contributed by atoms with van der Waals surface area (Å²) in [7, 11) is 2.16. The van der Waals surface area contributed by atoms with Crippen LogP contribution in [0.15, 0.2) is 41.8 Å². The Bertz CT molecular complexity index is 843. The third-order valence-electron chi connectivity index (χ3n) is 5.31. The van der Waals surface area contributed by atoms with Gasteiger partial charge in [-0.15, -0.1) is 0 Å². The first-order valence-electron chi connectivity index (χ1n) is 8.91. The summed E-state index contributed by atoms with van der Waals surface area (Å²) >= 11 is 0. The molecule has 5 heteroatoms. The van der Waals surface area contributed by atoms with Gasteiger partial charge in [-0.1, -0.05) is 6.92 Å². The van der Waals surface area contributed by atoms with Crippen LogP contribution in [0.1, 0.15) is 60.2 Å². The molecule has 136 valence electrons. The lowest BCUT2D eigenvalue weighted by Crippen LogP contribution is -2.45. The number of pyridine rings is 1. The summed E-state index contributed by atoms with van der Waals surface area (Å²) in [5, 5.41) is 4.13. The van der Waals surface area contributed by atoms with Crippen LogP contribution >= 0.6 is 0 Å². The van der Waals surface area contributed by atoms with E-state index in [1.54, 1.807) is 24.5 Å². The van der Waals surface area contributed by atoms with Crippen LogP contribution in [0.25, 0.3) is 0 Å². The zero-order valence-corrected chi connectivity index (χ0v) is 16.1. The fourth-order valence-corrected chi connectivity index (χ4v) is 3.60. The number of rotatable bonds is 3. The molecule has 1 aromatic carbocycles. The SMILES string of the molecule is Cc1cc2c(cc1/C=N\NC(=O)c1cccnc1)C(C)CC(C)(C)N2C. The smallest absolute Gasteiger partial charge is 0.272 e. The molecule has 2 heterocycles. The van der Waals surface area contributed by atoms with E-state index in [1.807, 2.05) is 0 Å². The molecule has 0 saturated heterocycles. The molecule has 1 unspecified atom stereocenters. The van der Waals surface area contributed by atoms with E-state index >= 15 is 0 Å². The number of hydrogen-bond donors (Lipinski definition) is 1. The van der Waals surface area contributed by atoms with E-state index in [4.69, 9.17) is 0 Å². The van der Waals surface area contributed by atoms with Gasteiger partial charge in [0.05, 0.1) is 11.8 Å². The minimum absolute atomic E-state index is 0.145. The Labute approximate surface area is 155 Å². The van der Waals surface area contributed by atoms with Gasteiger partial charge in [-0.2, -0.15) is 5.10 Å². The van der Waals surface area contributed by atoms with Crippen LogP contribution in [0, 0.1) is 6.92 Å². The second kappa shape index (κ2) is 6.90. The third kappa shape index (κ3) is 3.47. The van der Waals surface area contributed by atoms with Crippen molar-refractivity contribution < 1.29 is 4.79 Å². The van der Waals surface area contributed by atoms with E-state index in [0.29, 0.717) is 11.5 Å². The summed E-state index contributed by atoms with van der Waals surface area (Å²) in [6.07, 6.45) is 5.98. The topological polar surface area (TPSA) is 57.6 Å². The summed E-state index contributed by atoms with van der Waals surface area (Å²) < 4.78 is 0. The number of aryl methyl sites for hydroxylation is 1. The molecule has 0 radical (unpaired) electrons. The van der Waals surface area contributed by atoms with Crippen molar-refractivity contribution in [1.29, 1.82) is 0 Å². The highest BCUT2D eigenvalue weighted by Crippen LogP contribution is 2.43. The lowest BCUT2D eigenvalue weighted by Gasteiger charge is -2.45. The average Bonchev–Trinajstić information content (AvgIpc) is 2.61. The van der Waals surface area contributed by atoms with Crippen molar-refractivity contribution in [2.45, 2.75) is 45.6 Å². The quantitative estimate of drug-likeness (QED) is 0.675. The summed E-state index contributed by atoms with van der Waals surface area (Å²) in [5.74, 6) is 0.216. The molecule has 0 spiro atoms. The normalized spacial score (nSPS) is 18.7. The maximum absolute atomic E-state index is 12.0. The molecule has 5 nitrogen and oxygen atoms in total. The van der Waals surface area contributed by atoms with E-state index in [9.17, 15) is 4.79 Å². The van der Waals surface area contributed by atoms with Crippen molar-refractivity contribution in [3.63, 3.8) is 0 Å². The number of nitrogens with zero attached hydrogens (tertiary/aromatic N) is 3. The molecular weight excluding hydrogens is 324 g/mol. The molecule has 0 aliphatic carbocycles. The first-order valence-corrected chi connectivity index (χ1v) is 8.91.